The molecule has 1 unspecified atom stereocenters. The van der Waals surface area contributed by atoms with E-state index in [-0.39, 0.29) is 11.9 Å². The van der Waals surface area contributed by atoms with Crippen LogP contribution in [0.2, 0.25) is 0 Å². The van der Waals surface area contributed by atoms with Crippen molar-refractivity contribution in [3.05, 3.63) is 71.5 Å². The molecule has 0 aliphatic heterocycles. The van der Waals surface area contributed by atoms with E-state index in [1.165, 1.54) is 11.6 Å². The standard InChI is InChI=1S/C16H18FN/c17-15-8-4-7-14(11-15)12-16(18)10-9-13-5-2-1-3-6-13/h1-8,11,16H,9-10,12,18H2. The summed E-state index contributed by atoms with van der Waals surface area (Å²) in [4.78, 5) is 0. The molecule has 18 heavy (non-hydrogen) atoms. The minimum atomic E-state index is -0.192. The summed E-state index contributed by atoms with van der Waals surface area (Å²) in [6.07, 6.45) is 2.61. The van der Waals surface area contributed by atoms with Gasteiger partial charge in [-0.05, 0) is 42.5 Å². The second kappa shape index (κ2) is 6.31. The number of hydrogen-bond acceptors (Lipinski definition) is 1. The molecule has 0 bridgehead atoms. The summed E-state index contributed by atoms with van der Waals surface area (Å²) < 4.78 is 13.0. The molecule has 0 radical (unpaired) electrons. The fraction of sp³-hybridized carbons (Fsp3) is 0.250. The van der Waals surface area contributed by atoms with E-state index in [1.807, 2.05) is 24.3 Å². The van der Waals surface area contributed by atoms with Crippen LogP contribution in [0, 0.1) is 5.82 Å². The number of aryl methyl sites for hydroxylation is 1. The van der Waals surface area contributed by atoms with Gasteiger partial charge in [-0.3, -0.25) is 0 Å². The minimum Gasteiger partial charge on any atom is -0.327 e. The normalized spacial score (nSPS) is 12.3. The van der Waals surface area contributed by atoms with Crippen molar-refractivity contribution in [2.24, 2.45) is 5.73 Å². The van der Waals surface area contributed by atoms with Crippen LogP contribution in [-0.4, -0.2) is 6.04 Å². The quantitative estimate of drug-likeness (QED) is 0.856. The maximum absolute atomic E-state index is 13.0. The second-order valence-corrected chi connectivity index (χ2v) is 4.62. The predicted molar refractivity (Wildman–Crippen MR) is 72.8 cm³/mol. The molecule has 2 N–H and O–H groups in total. The summed E-state index contributed by atoms with van der Waals surface area (Å²) in [5.41, 5.74) is 8.35. The average molecular weight is 243 g/mol. The second-order valence-electron chi connectivity index (χ2n) is 4.62. The first-order valence-electron chi connectivity index (χ1n) is 6.28. The van der Waals surface area contributed by atoms with Gasteiger partial charge in [0.25, 0.3) is 0 Å². The molecule has 0 aliphatic rings. The van der Waals surface area contributed by atoms with E-state index >= 15 is 0 Å². The third kappa shape index (κ3) is 3.97. The van der Waals surface area contributed by atoms with Crippen LogP contribution in [0.4, 0.5) is 4.39 Å². The van der Waals surface area contributed by atoms with Crippen LogP contribution in [0.15, 0.2) is 54.6 Å². The summed E-state index contributed by atoms with van der Waals surface area (Å²) in [5.74, 6) is -0.192. The van der Waals surface area contributed by atoms with E-state index in [4.69, 9.17) is 5.73 Å². The number of benzene rings is 2. The van der Waals surface area contributed by atoms with Gasteiger partial charge in [0.1, 0.15) is 5.82 Å². The molecule has 0 saturated heterocycles. The first kappa shape index (κ1) is 12.8. The Morgan fingerprint density at radius 1 is 0.944 bits per heavy atom. The lowest BCUT2D eigenvalue weighted by Gasteiger charge is -2.11. The van der Waals surface area contributed by atoms with E-state index < -0.39 is 0 Å². The molecule has 0 spiro atoms. The van der Waals surface area contributed by atoms with Crippen LogP contribution in [0.1, 0.15) is 17.5 Å². The number of hydrogen-bond donors (Lipinski definition) is 1. The van der Waals surface area contributed by atoms with Gasteiger partial charge in [0.15, 0.2) is 0 Å². The van der Waals surface area contributed by atoms with Crippen molar-refractivity contribution in [3.63, 3.8) is 0 Å². The molecule has 0 aromatic heterocycles. The smallest absolute Gasteiger partial charge is 0.123 e. The predicted octanol–water partition coefficient (Wildman–Crippen LogP) is 3.33. The molecule has 0 aliphatic carbocycles. The molecule has 2 rings (SSSR count). The lowest BCUT2D eigenvalue weighted by atomic mass is 10.00. The third-order valence-corrected chi connectivity index (χ3v) is 3.03. The van der Waals surface area contributed by atoms with Gasteiger partial charge in [-0.25, -0.2) is 4.39 Å². The summed E-state index contributed by atoms with van der Waals surface area (Å²) in [6.45, 7) is 0. The Hall–Kier alpha value is -1.67. The molecule has 0 amide bonds. The van der Waals surface area contributed by atoms with E-state index in [1.54, 1.807) is 12.1 Å². The first-order valence-corrected chi connectivity index (χ1v) is 6.28. The van der Waals surface area contributed by atoms with Crippen LogP contribution < -0.4 is 5.73 Å². The highest BCUT2D eigenvalue weighted by Gasteiger charge is 2.05. The van der Waals surface area contributed by atoms with Crippen molar-refractivity contribution < 1.29 is 4.39 Å². The van der Waals surface area contributed by atoms with Crippen LogP contribution in [0.3, 0.4) is 0 Å². The van der Waals surface area contributed by atoms with Crippen LogP contribution >= 0.6 is 0 Å². The Kier molecular flexibility index (Phi) is 4.48. The summed E-state index contributed by atoms with van der Waals surface area (Å²) in [5, 5.41) is 0. The van der Waals surface area contributed by atoms with E-state index in [9.17, 15) is 4.39 Å². The van der Waals surface area contributed by atoms with Crippen LogP contribution in [0.25, 0.3) is 0 Å². The largest absolute Gasteiger partial charge is 0.327 e. The third-order valence-electron chi connectivity index (χ3n) is 3.03. The highest BCUT2D eigenvalue weighted by Crippen LogP contribution is 2.10. The Morgan fingerprint density at radius 2 is 1.67 bits per heavy atom. The fourth-order valence-electron chi connectivity index (χ4n) is 2.07. The van der Waals surface area contributed by atoms with Crippen molar-refractivity contribution in [1.29, 1.82) is 0 Å². The van der Waals surface area contributed by atoms with Gasteiger partial charge in [0, 0.05) is 6.04 Å². The lowest BCUT2D eigenvalue weighted by molar-refractivity contribution is 0.599. The van der Waals surface area contributed by atoms with Gasteiger partial charge in [0.05, 0.1) is 0 Å². The Labute approximate surface area is 107 Å². The zero-order valence-electron chi connectivity index (χ0n) is 10.4. The maximum atomic E-state index is 13.0. The Bertz CT molecular complexity index is 481. The molecule has 0 heterocycles. The number of rotatable bonds is 5. The van der Waals surface area contributed by atoms with Crippen molar-refractivity contribution in [3.8, 4) is 0 Å². The zero-order valence-corrected chi connectivity index (χ0v) is 10.4. The van der Waals surface area contributed by atoms with E-state index in [0.717, 1.165) is 24.8 Å². The molecule has 1 nitrogen and oxygen atoms in total. The van der Waals surface area contributed by atoms with Gasteiger partial charge in [-0.1, -0.05) is 42.5 Å². The maximum Gasteiger partial charge on any atom is 0.123 e. The molecule has 1 atom stereocenters. The highest BCUT2D eigenvalue weighted by molar-refractivity contribution is 5.18. The van der Waals surface area contributed by atoms with E-state index in [0.29, 0.717) is 0 Å². The van der Waals surface area contributed by atoms with Gasteiger partial charge in [-0.2, -0.15) is 0 Å². The van der Waals surface area contributed by atoms with Gasteiger partial charge in [0.2, 0.25) is 0 Å². The molecular weight excluding hydrogens is 225 g/mol. The first-order chi connectivity index (χ1) is 8.74. The molecule has 2 heteroatoms. The van der Waals surface area contributed by atoms with Gasteiger partial charge >= 0.3 is 0 Å². The van der Waals surface area contributed by atoms with Crippen LogP contribution in [-0.2, 0) is 12.8 Å². The number of nitrogens with two attached hydrogens (primary N) is 1. The molecular formula is C16H18FN. The van der Waals surface area contributed by atoms with Crippen molar-refractivity contribution in [2.45, 2.75) is 25.3 Å². The van der Waals surface area contributed by atoms with Crippen LogP contribution in [0.5, 0.6) is 0 Å². The molecule has 94 valence electrons. The molecule has 2 aromatic carbocycles. The van der Waals surface area contributed by atoms with E-state index in [2.05, 4.69) is 12.1 Å². The SMILES string of the molecule is NC(CCc1ccccc1)Cc1cccc(F)c1. The topological polar surface area (TPSA) is 26.0 Å². The minimum absolute atomic E-state index is 0.0759. The average Bonchev–Trinajstić information content (AvgIpc) is 2.38. The molecule has 0 fully saturated rings. The van der Waals surface area contributed by atoms with Gasteiger partial charge < -0.3 is 5.73 Å². The van der Waals surface area contributed by atoms with Gasteiger partial charge in [-0.15, -0.1) is 0 Å². The Morgan fingerprint density at radius 3 is 2.39 bits per heavy atom. The fourth-order valence-corrected chi connectivity index (χ4v) is 2.07. The summed E-state index contributed by atoms with van der Waals surface area (Å²) in [6, 6.07) is 17.0. The van der Waals surface area contributed by atoms with Crippen molar-refractivity contribution in [2.75, 3.05) is 0 Å². The summed E-state index contributed by atoms with van der Waals surface area (Å²) >= 11 is 0. The molecule has 2 aromatic rings. The van der Waals surface area contributed by atoms with Crippen molar-refractivity contribution >= 4 is 0 Å². The summed E-state index contributed by atoms with van der Waals surface area (Å²) in [7, 11) is 0. The molecule has 0 saturated carbocycles. The van der Waals surface area contributed by atoms with Crippen molar-refractivity contribution in [1.82, 2.24) is 0 Å². The number of halogens is 1. The highest BCUT2D eigenvalue weighted by atomic mass is 19.1. The lowest BCUT2D eigenvalue weighted by Crippen LogP contribution is -2.23. The Balaban J connectivity index is 1.84. The monoisotopic (exact) mass is 243 g/mol. The zero-order chi connectivity index (χ0) is 12.8.